The molecule has 0 spiro atoms. The lowest BCUT2D eigenvalue weighted by Crippen LogP contribution is -2.07. The van der Waals surface area contributed by atoms with Gasteiger partial charge in [0, 0.05) is 18.2 Å². The number of nitro benzene ring substituents is 1. The van der Waals surface area contributed by atoms with E-state index in [1.54, 1.807) is 18.2 Å². The minimum absolute atomic E-state index is 0.133. The van der Waals surface area contributed by atoms with Crippen LogP contribution in [0.25, 0.3) is 0 Å². The Morgan fingerprint density at radius 2 is 1.91 bits per heavy atom. The highest BCUT2D eigenvalue weighted by Gasteiger charge is 2.15. The SMILES string of the molecule is CC(=O)c1ccc(NCCc2ccc(F)cc2)c([N+](=O)[O-])c1. The number of hydrogen-bond acceptors (Lipinski definition) is 4. The molecular weight excluding hydrogens is 287 g/mol. The van der Waals surface area contributed by atoms with Gasteiger partial charge in [0.25, 0.3) is 5.69 Å². The van der Waals surface area contributed by atoms with Crippen molar-refractivity contribution in [2.75, 3.05) is 11.9 Å². The number of rotatable bonds is 6. The molecule has 5 nitrogen and oxygen atoms in total. The van der Waals surface area contributed by atoms with Crippen molar-refractivity contribution < 1.29 is 14.1 Å². The molecule has 2 rings (SSSR count). The molecule has 0 heterocycles. The Hall–Kier alpha value is -2.76. The van der Waals surface area contributed by atoms with Crippen molar-refractivity contribution in [3.05, 3.63) is 69.5 Å². The van der Waals surface area contributed by atoms with Crippen molar-refractivity contribution in [3.8, 4) is 0 Å². The van der Waals surface area contributed by atoms with Crippen LogP contribution in [0.4, 0.5) is 15.8 Å². The molecule has 6 heteroatoms. The van der Waals surface area contributed by atoms with Crippen LogP contribution in [0.5, 0.6) is 0 Å². The number of carbonyl (C=O) groups excluding carboxylic acids is 1. The summed E-state index contributed by atoms with van der Waals surface area (Å²) < 4.78 is 12.8. The molecule has 0 aliphatic heterocycles. The standard InChI is InChI=1S/C16H15FN2O3/c1-11(20)13-4-7-15(16(10-13)19(21)22)18-9-8-12-2-5-14(17)6-3-12/h2-7,10,18H,8-9H2,1H3. The highest BCUT2D eigenvalue weighted by atomic mass is 19.1. The molecule has 114 valence electrons. The van der Waals surface area contributed by atoms with Gasteiger partial charge in [0.05, 0.1) is 4.92 Å². The third kappa shape index (κ3) is 3.88. The maximum atomic E-state index is 12.8. The summed E-state index contributed by atoms with van der Waals surface area (Å²) >= 11 is 0. The number of anilines is 1. The molecule has 0 atom stereocenters. The van der Waals surface area contributed by atoms with Crippen molar-refractivity contribution in [3.63, 3.8) is 0 Å². The Bertz CT molecular complexity index is 699. The summed E-state index contributed by atoms with van der Waals surface area (Å²) in [4.78, 5) is 21.8. The lowest BCUT2D eigenvalue weighted by molar-refractivity contribution is -0.384. The third-order valence-corrected chi connectivity index (χ3v) is 3.24. The minimum atomic E-state index is -0.521. The van der Waals surface area contributed by atoms with Gasteiger partial charge < -0.3 is 5.32 Å². The van der Waals surface area contributed by atoms with Crippen molar-refractivity contribution >= 4 is 17.2 Å². The van der Waals surface area contributed by atoms with Gasteiger partial charge in [0.15, 0.2) is 5.78 Å². The van der Waals surface area contributed by atoms with Gasteiger partial charge in [-0.15, -0.1) is 0 Å². The first-order chi connectivity index (χ1) is 10.5. The van der Waals surface area contributed by atoms with Gasteiger partial charge in [0.1, 0.15) is 11.5 Å². The van der Waals surface area contributed by atoms with Crippen molar-refractivity contribution in [2.24, 2.45) is 0 Å². The van der Waals surface area contributed by atoms with E-state index in [2.05, 4.69) is 5.32 Å². The summed E-state index contributed by atoms with van der Waals surface area (Å²) in [5.74, 6) is -0.520. The van der Waals surface area contributed by atoms with Crippen LogP contribution in [0.15, 0.2) is 42.5 Å². The molecule has 1 N–H and O–H groups in total. The number of Topliss-reactive ketones (excluding diaryl/α,β-unsaturated/α-hetero) is 1. The monoisotopic (exact) mass is 302 g/mol. The van der Waals surface area contributed by atoms with E-state index in [1.807, 2.05) is 0 Å². The molecule has 0 radical (unpaired) electrons. The first-order valence-electron chi connectivity index (χ1n) is 6.75. The Labute approximate surface area is 126 Å². The number of hydrogen-bond donors (Lipinski definition) is 1. The highest BCUT2D eigenvalue weighted by Crippen LogP contribution is 2.25. The first-order valence-corrected chi connectivity index (χ1v) is 6.75. The van der Waals surface area contributed by atoms with Crippen LogP contribution in [0, 0.1) is 15.9 Å². The topological polar surface area (TPSA) is 72.2 Å². The largest absolute Gasteiger partial charge is 0.379 e. The fraction of sp³-hybridized carbons (Fsp3) is 0.188. The quantitative estimate of drug-likeness (QED) is 0.503. The maximum absolute atomic E-state index is 12.8. The summed E-state index contributed by atoms with van der Waals surface area (Å²) in [6.45, 7) is 1.83. The van der Waals surface area contributed by atoms with E-state index < -0.39 is 4.92 Å². The molecular formula is C16H15FN2O3. The van der Waals surface area contributed by atoms with Crippen LogP contribution in [0.3, 0.4) is 0 Å². The van der Waals surface area contributed by atoms with Crippen molar-refractivity contribution in [1.82, 2.24) is 0 Å². The lowest BCUT2D eigenvalue weighted by atomic mass is 10.1. The number of carbonyl (C=O) groups is 1. The number of nitro groups is 1. The Morgan fingerprint density at radius 3 is 2.50 bits per heavy atom. The molecule has 0 fully saturated rings. The molecule has 0 amide bonds. The maximum Gasteiger partial charge on any atom is 0.293 e. The van der Waals surface area contributed by atoms with Crippen molar-refractivity contribution in [2.45, 2.75) is 13.3 Å². The predicted molar refractivity (Wildman–Crippen MR) is 81.7 cm³/mol. The van der Waals surface area contributed by atoms with Gasteiger partial charge in [-0.25, -0.2) is 4.39 Å². The van der Waals surface area contributed by atoms with E-state index in [1.165, 1.54) is 31.2 Å². The van der Waals surface area contributed by atoms with E-state index in [0.29, 0.717) is 24.2 Å². The predicted octanol–water partition coefficient (Wildman–Crippen LogP) is 3.59. The van der Waals surface area contributed by atoms with E-state index in [-0.39, 0.29) is 17.3 Å². The molecule has 0 saturated carbocycles. The van der Waals surface area contributed by atoms with Crippen LogP contribution in [0.2, 0.25) is 0 Å². The second kappa shape index (κ2) is 6.80. The zero-order valence-corrected chi connectivity index (χ0v) is 12.0. The van der Waals surface area contributed by atoms with E-state index in [4.69, 9.17) is 0 Å². The van der Waals surface area contributed by atoms with Gasteiger partial charge >= 0.3 is 0 Å². The summed E-state index contributed by atoms with van der Waals surface area (Å²) in [6, 6.07) is 10.4. The van der Waals surface area contributed by atoms with Gasteiger partial charge in [0.2, 0.25) is 0 Å². The van der Waals surface area contributed by atoms with E-state index in [0.717, 1.165) is 5.56 Å². The smallest absolute Gasteiger partial charge is 0.293 e. The van der Waals surface area contributed by atoms with Gasteiger partial charge in [-0.2, -0.15) is 0 Å². The number of halogens is 1. The van der Waals surface area contributed by atoms with E-state index >= 15 is 0 Å². The molecule has 0 aromatic heterocycles. The fourth-order valence-electron chi connectivity index (χ4n) is 2.04. The average Bonchev–Trinajstić information content (AvgIpc) is 2.49. The Morgan fingerprint density at radius 1 is 1.23 bits per heavy atom. The highest BCUT2D eigenvalue weighted by molar-refractivity contribution is 5.95. The molecule has 2 aromatic carbocycles. The summed E-state index contributed by atoms with van der Waals surface area (Å²) in [7, 11) is 0. The summed E-state index contributed by atoms with van der Waals surface area (Å²) in [5.41, 5.74) is 1.46. The van der Waals surface area contributed by atoms with Gasteiger partial charge in [-0.05, 0) is 43.2 Å². The molecule has 0 aliphatic rings. The number of nitrogens with zero attached hydrogens (tertiary/aromatic N) is 1. The van der Waals surface area contributed by atoms with Crippen LogP contribution in [-0.4, -0.2) is 17.3 Å². The number of nitrogens with one attached hydrogen (secondary N) is 1. The Balaban J connectivity index is 2.07. The van der Waals surface area contributed by atoms with Crippen LogP contribution >= 0.6 is 0 Å². The van der Waals surface area contributed by atoms with Gasteiger partial charge in [-0.3, -0.25) is 14.9 Å². The Kier molecular flexibility index (Phi) is 4.83. The fourth-order valence-corrected chi connectivity index (χ4v) is 2.04. The number of ketones is 1. The van der Waals surface area contributed by atoms with Crippen molar-refractivity contribution in [1.29, 1.82) is 0 Å². The van der Waals surface area contributed by atoms with Gasteiger partial charge in [-0.1, -0.05) is 12.1 Å². The lowest BCUT2D eigenvalue weighted by Gasteiger charge is -2.08. The normalized spacial score (nSPS) is 10.3. The third-order valence-electron chi connectivity index (χ3n) is 3.24. The molecule has 22 heavy (non-hydrogen) atoms. The zero-order valence-electron chi connectivity index (χ0n) is 12.0. The summed E-state index contributed by atoms with van der Waals surface area (Å²) in [5, 5.41) is 14.1. The molecule has 0 saturated heterocycles. The molecule has 2 aromatic rings. The molecule has 0 bridgehead atoms. The number of benzene rings is 2. The second-order valence-corrected chi connectivity index (χ2v) is 4.85. The molecule has 0 unspecified atom stereocenters. The van der Waals surface area contributed by atoms with Crippen LogP contribution < -0.4 is 5.32 Å². The average molecular weight is 302 g/mol. The van der Waals surface area contributed by atoms with E-state index in [9.17, 15) is 19.3 Å². The van der Waals surface area contributed by atoms with Crippen LogP contribution in [-0.2, 0) is 6.42 Å². The molecule has 0 aliphatic carbocycles. The second-order valence-electron chi connectivity index (χ2n) is 4.85. The minimum Gasteiger partial charge on any atom is -0.379 e. The van der Waals surface area contributed by atoms with Crippen LogP contribution in [0.1, 0.15) is 22.8 Å². The first kappa shape index (κ1) is 15.6. The zero-order chi connectivity index (χ0) is 16.1. The summed E-state index contributed by atoms with van der Waals surface area (Å²) in [6.07, 6.45) is 0.603.